The van der Waals surface area contributed by atoms with E-state index in [9.17, 15) is 9.59 Å². The fraction of sp³-hybridized carbons (Fsp3) is 0.467. The third kappa shape index (κ3) is 5.73. The molecule has 0 aromatic heterocycles. The maximum atomic E-state index is 11.7. The molecule has 2 N–H and O–H groups in total. The SMILES string of the molecule is Cc1ccc(OCC(=O)NC(CC(C)C)C(=O)O)cc1. The second-order valence-electron chi connectivity index (χ2n) is 5.19. The van der Waals surface area contributed by atoms with Crippen LogP contribution in [0.5, 0.6) is 5.75 Å². The van der Waals surface area contributed by atoms with Gasteiger partial charge in [-0.25, -0.2) is 4.79 Å². The van der Waals surface area contributed by atoms with Crippen LogP contribution < -0.4 is 10.1 Å². The van der Waals surface area contributed by atoms with Crippen LogP contribution in [0.15, 0.2) is 24.3 Å². The highest BCUT2D eigenvalue weighted by Gasteiger charge is 2.21. The van der Waals surface area contributed by atoms with Crippen LogP contribution in [-0.2, 0) is 9.59 Å². The van der Waals surface area contributed by atoms with Crippen molar-refractivity contribution < 1.29 is 19.4 Å². The van der Waals surface area contributed by atoms with Gasteiger partial charge in [0.2, 0.25) is 0 Å². The van der Waals surface area contributed by atoms with Gasteiger partial charge in [0.15, 0.2) is 6.61 Å². The number of ether oxygens (including phenoxy) is 1. The minimum absolute atomic E-state index is 0.189. The minimum Gasteiger partial charge on any atom is -0.484 e. The highest BCUT2D eigenvalue weighted by atomic mass is 16.5. The number of rotatable bonds is 7. The highest BCUT2D eigenvalue weighted by molar-refractivity contribution is 5.84. The number of carboxylic acids is 1. The number of aliphatic carboxylic acids is 1. The summed E-state index contributed by atoms with van der Waals surface area (Å²) in [5.41, 5.74) is 1.10. The summed E-state index contributed by atoms with van der Waals surface area (Å²) in [6.07, 6.45) is 0.394. The van der Waals surface area contributed by atoms with Crippen LogP contribution in [0.2, 0.25) is 0 Å². The number of aryl methyl sites for hydroxylation is 1. The van der Waals surface area contributed by atoms with Crippen molar-refractivity contribution in [2.45, 2.75) is 33.2 Å². The lowest BCUT2D eigenvalue weighted by Crippen LogP contribution is -2.43. The van der Waals surface area contributed by atoms with Crippen LogP contribution in [0.25, 0.3) is 0 Å². The van der Waals surface area contributed by atoms with Crippen molar-refractivity contribution in [2.24, 2.45) is 5.92 Å². The molecule has 1 atom stereocenters. The number of carbonyl (C=O) groups excluding carboxylic acids is 1. The van der Waals surface area contributed by atoms with E-state index in [0.29, 0.717) is 12.2 Å². The third-order valence-electron chi connectivity index (χ3n) is 2.73. The van der Waals surface area contributed by atoms with E-state index in [1.165, 1.54) is 0 Å². The molecular weight excluding hydrogens is 258 g/mol. The van der Waals surface area contributed by atoms with Crippen LogP contribution in [0, 0.1) is 12.8 Å². The van der Waals surface area contributed by atoms with Crippen molar-refractivity contribution in [1.82, 2.24) is 5.32 Å². The lowest BCUT2D eigenvalue weighted by molar-refractivity contribution is -0.142. The van der Waals surface area contributed by atoms with E-state index in [4.69, 9.17) is 9.84 Å². The normalized spacial score (nSPS) is 12.0. The minimum atomic E-state index is -1.03. The van der Waals surface area contributed by atoms with Crippen molar-refractivity contribution in [2.75, 3.05) is 6.61 Å². The fourth-order valence-corrected chi connectivity index (χ4v) is 1.71. The van der Waals surface area contributed by atoms with Gasteiger partial charge in [0.25, 0.3) is 5.91 Å². The average Bonchev–Trinajstić information content (AvgIpc) is 2.36. The van der Waals surface area contributed by atoms with Gasteiger partial charge in [-0.2, -0.15) is 0 Å². The number of carbonyl (C=O) groups is 2. The van der Waals surface area contributed by atoms with Crippen LogP contribution in [-0.4, -0.2) is 29.6 Å². The van der Waals surface area contributed by atoms with Gasteiger partial charge in [0.1, 0.15) is 11.8 Å². The van der Waals surface area contributed by atoms with Gasteiger partial charge in [-0.05, 0) is 31.4 Å². The molecule has 1 aromatic carbocycles. The Hall–Kier alpha value is -2.04. The Kier molecular flexibility index (Phi) is 6.03. The number of amides is 1. The standard InChI is InChI=1S/C15H21NO4/c1-10(2)8-13(15(18)19)16-14(17)9-20-12-6-4-11(3)5-7-12/h4-7,10,13H,8-9H2,1-3H3,(H,16,17)(H,18,19). The van der Waals surface area contributed by atoms with E-state index in [1.807, 2.05) is 32.9 Å². The fourth-order valence-electron chi connectivity index (χ4n) is 1.71. The molecule has 0 saturated heterocycles. The van der Waals surface area contributed by atoms with Crippen molar-refractivity contribution in [1.29, 1.82) is 0 Å². The number of hydrogen-bond acceptors (Lipinski definition) is 3. The Bertz CT molecular complexity index is 453. The zero-order valence-corrected chi connectivity index (χ0v) is 12.1. The van der Waals surface area contributed by atoms with Gasteiger partial charge < -0.3 is 15.2 Å². The second kappa shape index (κ2) is 7.53. The van der Waals surface area contributed by atoms with Crippen molar-refractivity contribution in [3.8, 4) is 5.75 Å². The zero-order valence-electron chi connectivity index (χ0n) is 12.1. The monoisotopic (exact) mass is 279 g/mol. The van der Waals surface area contributed by atoms with E-state index in [-0.39, 0.29) is 12.5 Å². The summed E-state index contributed by atoms with van der Waals surface area (Å²) in [5, 5.41) is 11.5. The van der Waals surface area contributed by atoms with E-state index >= 15 is 0 Å². The number of nitrogens with one attached hydrogen (secondary N) is 1. The van der Waals surface area contributed by atoms with Gasteiger partial charge in [-0.3, -0.25) is 4.79 Å². The molecule has 1 amide bonds. The van der Waals surface area contributed by atoms with Gasteiger partial charge in [0.05, 0.1) is 0 Å². The quantitative estimate of drug-likeness (QED) is 0.800. The number of hydrogen-bond donors (Lipinski definition) is 2. The molecule has 0 bridgehead atoms. The molecule has 0 aliphatic heterocycles. The van der Waals surface area contributed by atoms with Crippen molar-refractivity contribution in [3.05, 3.63) is 29.8 Å². The zero-order chi connectivity index (χ0) is 15.1. The lowest BCUT2D eigenvalue weighted by Gasteiger charge is -2.16. The summed E-state index contributed by atoms with van der Waals surface area (Å²) in [4.78, 5) is 22.7. The largest absolute Gasteiger partial charge is 0.484 e. The van der Waals surface area contributed by atoms with Crippen LogP contribution in [0.3, 0.4) is 0 Å². The van der Waals surface area contributed by atoms with E-state index in [2.05, 4.69) is 5.32 Å². The topological polar surface area (TPSA) is 75.6 Å². The summed E-state index contributed by atoms with van der Waals surface area (Å²) >= 11 is 0. The summed E-state index contributed by atoms with van der Waals surface area (Å²) in [6, 6.07) is 6.43. The Labute approximate surface area is 118 Å². The van der Waals surface area contributed by atoms with Crippen LogP contribution in [0.1, 0.15) is 25.8 Å². The van der Waals surface area contributed by atoms with Crippen molar-refractivity contribution >= 4 is 11.9 Å². The molecule has 1 unspecified atom stereocenters. The van der Waals surface area contributed by atoms with Gasteiger partial charge >= 0.3 is 5.97 Å². The first kappa shape index (κ1) is 16.0. The highest BCUT2D eigenvalue weighted by Crippen LogP contribution is 2.11. The summed E-state index contributed by atoms with van der Waals surface area (Å²) in [5.74, 6) is -0.683. The molecule has 0 saturated carbocycles. The van der Waals surface area contributed by atoms with Crippen LogP contribution in [0.4, 0.5) is 0 Å². The van der Waals surface area contributed by atoms with E-state index in [1.54, 1.807) is 12.1 Å². The summed E-state index contributed by atoms with van der Waals surface area (Å²) < 4.78 is 5.30. The molecule has 0 fully saturated rings. The van der Waals surface area contributed by atoms with Crippen molar-refractivity contribution in [3.63, 3.8) is 0 Å². The van der Waals surface area contributed by atoms with E-state index < -0.39 is 17.9 Å². The summed E-state index contributed by atoms with van der Waals surface area (Å²) in [7, 11) is 0. The molecule has 1 aromatic rings. The Balaban J connectivity index is 2.45. The van der Waals surface area contributed by atoms with Gasteiger partial charge in [-0.1, -0.05) is 31.5 Å². The van der Waals surface area contributed by atoms with E-state index in [0.717, 1.165) is 5.56 Å². The molecule has 0 aliphatic carbocycles. The Morgan fingerprint density at radius 3 is 2.35 bits per heavy atom. The molecule has 5 nitrogen and oxygen atoms in total. The van der Waals surface area contributed by atoms with Gasteiger partial charge in [-0.15, -0.1) is 0 Å². The lowest BCUT2D eigenvalue weighted by atomic mass is 10.0. The number of benzene rings is 1. The number of carboxylic acid groups (broad SMARTS) is 1. The molecule has 5 heteroatoms. The smallest absolute Gasteiger partial charge is 0.326 e. The molecule has 0 heterocycles. The molecule has 0 aliphatic rings. The Morgan fingerprint density at radius 2 is 1.85 bits per heavy atom. The maximum Gasteiger partial charge on any atom is 0.326 e. The maximum absolute atomic E-state index is 11.7. The second-order valence-corrected chi connectivity index (χ2v) is 5.19. The first-order valence-electron chi connectivity index (χ1n) is 6.60. The molecule has 110 valence electrons. The molecule has 1 rings (SSSR count). The first-order chi connectivity index (χ1) is 9.38. The van der Waals surface area contributed by atoms with Crippen LogP contribution >= 0.6 is 0 Å². The molecular formula is C15H21NO4. The molecule has 0 spiro atoms. The predicted octanol–water partition coefficient (Wildman–Crippen LogP) is 1.99. The molecule has 0 radical (unpaired) electrons. The summed E-state index contributed by atoms with van der Waals surface area (Å²) in [6.45, 7) is 5.58. The molecule has 20 heavy (non-hydrogen) atoms. The predicted molar refractivity (Wildman–Crippen MR) is 75.7 cm³/mol. The average molecular weight is 279 g/mol. The Morgan fingerprint density at radius 1 is 1.25 bits per heavy atom. The van der Waals surface area contributed by atoms with Gasteiger partial charge in [0, 0.05) is 0 Å². The first-order valence-corrected chi connectivity index (χ1v) is 6.60. The third-order valence-corrected chi connectivity index (χ3v) is 2.73.